The molecule has 2 unspecified atom stereocenters. The Morgan fingerprint density at radius 3 is 2.88 bits per heavy atom. The Bertz CT molecular complexity index is 338. The molecule has 0 spiro atoms. The van der Waals surface area contributed by atoms with Crippen LogP contribution >= 0.6 is 0 Å². The smallest absolute Gasteiger partial charge is 0.318 e. The minimum atomic E-state index is 0.502. The van der Waals surface area contributed by atoms with Gasteiger partial charge in [0.15, 0.2) is 0 Å². The largest absolute Gasteiger partial charge is 0.407 e. The maximum absolute atomic E-state index is 5.63. The third kappa shape index (κ3) is 2.35. The fourth-order valence-electron chi connectivity index (χ4n) is 2.23. The summed E-state index contributed by atoms with van der Waals surface area (Å²) in [6, 6.07) is 1.17. The molecular weight excluding hydrogens is 204 g/mol. The van der Waals surface area contributed by atoms with E-state index in [1.807, 2.05) is 0 Å². The first-order valence-corrected chi connectivity index (χ1v) is 6.00. The van der Waals surface area contributed by atoms with E-state index < -0.39 is 0 Å². The summed E-state index contributed by atoms with van der Waals surface area (Å²) in [4.78, 5) is 2.20. The summed E-state index contributed by atoms with van der Waals surface area (Å²) >= 11 is 0. The summed E-state index contributed by atoms with van der Waals surface area (Å²) in [6.07, 6.45) is 1.20. The maximum atomic E-state index is 5.63. The minimum absolute atomic E-state index is 0.502. The molecule has 1 aliphatic rings. The van der Waals surface area contributed by atoms with Crippen LogP contribution in [0, 0.1) is 5.92 Å². The van der Waals surface area contributed by atoms with Gasteiger partial charge in [-0.2, -0.15) is 0 Å². The van der Waals surface area contributed by atoms with E-state index in [0.717, 1.165) is 13.1 Å². The Kier molecular flexibility index (Phi) is 3.43. The van der Waals surface area contributed by atoms with E-state index in [4.69, 9.17) is 4.42 Å². The van der Waals surface area contributed by atoms with Gasteiger partial charge in [0, 0.05) is 12.6 Å². The Hall–Kier alpha value is -1.10. The molecule has 0 saturated carbocycles. The van der Waals surface area contributed by atoms with E-state index in [9.17, 15) is 0 Å². The Balaban J connectivity index is 2.01. The predicted octanol–water partition coefficient (Wildman–Crippen LogP) is 1.41. The van der Waals surface area contributed by atoms with Crippen LogP contribution in [0.2, 0.25) is 0 Å². The van der Waals surface area contributed by atoms with Crippen molar-refractivity contribution in [1.29, 1.82) is 0 Å². The highest BCUT2D eigenvalue weighted by atomic mass is 16.4. The molecule has 5 heteroatoms. The average molecular weight is 224 g/mol. The van der Waals surface area contributed by atoms with Crippen molar-refractivity contribution in [1.82, 2.24) is 15.5 Å². The van der Waals surface area contributed by atoms with Gasteiger partial charge in [-0.15, -0.1) is 5.10 Å². The predicted molar refractivity (Wildman–Crippen MR) is 62.3 cm³/mol. The van der Waals surface area contributed by atoms with Gasteiger partial charge in [0.25, 0.3) is 0 Å². The van der Waals surface area contributed by atoms with Crippen LogP contribution in [-0.4, -0.2) is 29.3 Å². The first kappa shape index (κ1) is 11.4. The van der Waals surface area contributed by atoms with Crippen LogP contribution in [-0.2, 0) is 6.54 Å². The summed E-state index contributed by atoms with van der Waals surface area (Å²) in [5.41, 5.74) is 0. The van der Waals surface area contributed by atoms with Gasteiger partial charge in [-0.3, -0.25) is 0 Å². The Morgan fingerprint density at radius 1 is 1.44 bits per heavy atom. The van der Waals surface area contributed by atoms with E-state index in [2.05, 4.69) is 41.2 Å². The zero-order chi connectivity index (χ0) is 11.5. The van der Waals surface area contributed by atoms with Crippen molar-refractivity contribution in [3.63, 3.8) is 0 Å². The van der Waals surface area contributed by atoms with Crippen molar-refractivity contribution in [3.05, 3.63) is 5.89 Å². The average Bonchev–Trinajstić information content (AvgIpc) is 2.82. The lowest BCUT2D eigenvalue weighted by Crippen LogP contribution is -2.26. The molecular formula is C11H20N4O. The van der Waals surface area contributed by atoms with Crippen molar-refractivity contribution < 1.29 is 4.42 Å². The van der Waals surface area contributed by atoms with E-state index in [0.29, 0.717) is 30.4 Å². The van der Waals surface area contributed by atoms with E-state index >= 15 is 0 Å². The molecule has 2 rings (SSSR count). The molecule has 1 fully saturated rings. The van der Waals surface area contributed by atoms with Gasteiger partial charge in [0.1, 0.15) is 0 Å². The SMILES string of the molecule is CCNCc1nnc(N2CC(C)CC2C)o1. The summed E-state index contributed by atoms with van der Waals surface area (Å²) in [5, 5.41) is 11.3. The minimum Gasteiger partial charge on any atom is -0.407 e. The van der Waals surface area contributed by atoms with Crippen LogP contribution in [0.25, 0.3) is 0 Å². The van der Waals surface area contributed by atoms with Crippen molar-refractivity contribution in [3.8, 4) is 0 Å². The molecule has 16 heavy (non-hydrogen) atoms. The monoisotopic (exact) mass is 224 g/mol. The molecule has 0 bridgehead atoms. The molecule has 0 radical (unpaired) electrons. The van der Waals surface area contributed by atoms with Crippen LogP contribution < -0.4 is 10.2 Å². The highest BCUT2D eigenvalue weighted by Gasteiger charge is 2.29. The molecule has 2 heterocycles. The van der Waals surface area contributed by atoms with Crippen molar-refractivity contribution in [2.24, 2.45) is 5.92 Å². The second-order valence-electron chi connectivity index (χ2n) is 4.60. The molecule has 0 aromatic carbocycles. The van der Waals surface area contributed by atoms with Gasteiger partial charge < -0.3 is 14.6 Å². The molecule has 90 valence electrons. The summed E-state index contributed by atoms with van der Waals surface area (Å²) in [5.74, 6) is 1.38. The molecule has 5 nitrogen and oxygen atoms in total. The normalized spacial score (nSPS) is 25.3. The number of anilines is 1. The molecule has 1 aromatic heterocycles. The molecule has 1 saturated heterocycles. The fraction of sp³-hybridized carbons (Fsp3) is 0.818. The Morgan fingerprint density at radius 2 is 2.25 bits per heavy atom. The van der Waals surface area contributed by atoms with Crippen LogP contribution in [0.5, 0.6) is 0 Å². The number of aromatic nitrogens is 2. The van der Waals surface area contributed by atoms with Crippen LogP contribution in [0.15, 0.2) is 4.42 Å². The first-order chi connectivity index (χ1) is 7.70. The Labute approximate surface area is 96.2 Å². The van der Waals surface area contributed by atoms with E-state index in [-0.39, 0.29) is 0 Å². The van der Waals surface area contributed by atoms with Crippen molar-refractivity contribution in [2.75, 3.05) is 18.0 Å². The molecule has 0 aliphatic carbocycles. The lowest BCUT2D eigenvalue weighted by Gasteiger charge is -2.17. The molecule has 1 aliphatic heterocycles. The number of rotatable bonds is 4. The fourth-order valence-corrected chi connectivity index (χ4v) is 2.23. The van der Waals surface area contributed by atoms with Crippen LogP contribution in [0.3, 0.4) is 0 Å². The first-order valence-electron chi connectivity index (χ1n) is 6.00. The second kappa shape index (κ2) is 4.82. The summed E-state index contributed by atoms with van der Waals surface area (Å²) in [7, 11) is 0. The second-order valence-corrected chi connectivity index (χ2v) is 4.60. The third-order valence-corrected chi connectivity index (χ3v) is 3.01. The van der Waals surface area contributed by atoms with Gasteiger partial charge in [-0.25, -0.2) is 0 Å². The molecule has 2 atom stereocenters. The maximum Gasteiger partial charge on any atom is 0.318 e. The van der Waals surface area contributed by atoms with Crippen molar-refractivity contribution >= 4 is 6.01 Å². The van der Waals surface area contributed by atoms with Gasteiger partial charge >= 0.3 is 6.01 Å². The lowest BCUT2D eigenvalue weighted by atomic mass is 10.1. The van der Waals surface area contributed by atoms with Gasteiger partial charge in [0.2, 0.25) is 5.89 Å². The summed E-state index contributed by atoms with van der Waals surface area (Å²) < 4.78 is 5.63. The zero-order valence-corrected chi connectivity index (χ0v) is 10.2. The topological polar surface area (TPSA) is 54.2 Å². The van der Waals surface area contributed by atoms with Gasteiger partial charge in [0.05, 0.1) is 6.54 Å². The standard InChI is InChI=1S/C11H20N4O/c1-4-12-6-10-13-14-11(16-10)15-7-8(2)5-9(15)3/h8-9,12H,4-7H2,1-3H3. The van der Waals surface area contributed by atoms with Crippen molar-refractivity contribution in [2.45, 2.75) is 39.8 Å². The molecule has 0 amide bonds. The van der Waals surface area contributed by atoms with E-state index in [1.165, 1.54) is 6.42 Å². The highest BCUT2D eigenvalue weighted by molar-refractivity contribution is 5.28. The van der Waals surface area contributed by atoms with Gasteiger partial charge in [-0.05, 0) is 25.8 Å². The van der Waals surface area contributed by atoms with Crippen LogP contribution in [0.4, 0.5) is 6.01 Å². The zero-order valence-electron chi connectivity index (χ0n) is 10.2. The number of nitrogens with one attached hydrogen (secondary N) is 1. The molecule has 1 N–H and O–H groups in total. The van der Waals surface area contributed by atoms with E-state index in [1.54, 1.807) is 0 Å². The van der Waals surface area contributed by atoms with Crippen LogP contribution in [0.1, 0.15) is 33.1 Å². The lowest BCUT2D eigenvalue weighted by molar-refractivity contribution is 0.462. The highest BCUT2D eigenvalue weighted by Crippen LogP contribution is 2.27. The molecule has 1 aromatic rings. The number of hydrogen-bond acceptors (Lipinski definition) is 5. The van der Waals surface area contributed by atoms with Gasteiger partial charge in [-0.1, -0.05) is 18.9 Å². The number of nitrogens with zero attached hydrogens (tertiary/aromatic N) is 3. The quantitative estimate of drug-likeness (QED) is 0.838. The number of hydrogen-bond donors (Lipinski definition) is 1. The summed E-state index contributed by atoms with van der Waals surface area (Å²) in [6.45, 7) is 9.10. The third-order valence-electron chi connectivity index (χ3n) is 3.01.